The fraction of sp³-hybridized carbons (Fsp3) is 0.636. The van der Waals surface area contributed by atoms with Gasteiger partial charge >= 0.3 is 0 Å². The first-order chi connectivity index (χ1) is 13.3. The third-order valence-corrected chi connectivity index (χ3v) is 5.48. The number of carbonyl (C=O) groups excluding carboxylic acids is 2. The second-order valence-electron chi connectivity index (χ2n) is 7.95. The Morgan fingerprint density at radius 2 is 1.68 bits per heavy atom. The van der Waals surface area contributed by atoms with E-state index in [1.165, 1.54) is 5.56 Å². The Kier molecular flexibility index (Phi) is 8.45. The molecule has 1 aliphatic heterocycles. The second kappa shape index (κ2) is 10.6. The molecule has 28 heavy (non-hydrogen) atoms. The topological polar surface area (TPSA) is 64.7 Å². The van der Waals surface area contributed by atoms with E-state index < -0.39 is 0 Å². The van der Waals surface area contributed by atoms with E-state index in [-0.39, 0.29) is 17.9 Å². The summed E-state index contributed by atoms with van der Waals surface area (Å²) < 4.78 is 0. The molecule has 1 saturated heterocycles. The molecule has 1 aliphatic rings. The standard InChI is InChI=1S/C22H36N4O2/c1-6-7-8-23-20(27)15-25-9-11-26(12-10-25)19(5)22(28)24-21-17(3)13-16(2)14-18(21)4/h13-14,19H,6-12,15H2,1-5H3,(H,23,27)(H,24,28)/t19-/m1/s1. The van der Waals surface area contributed by atoms with Gasteiger partial charge in [0, 0.05) is 38.4 Å². The molecule has 156 valence electrons. The van der Waals surface area contributed by atoms with Crippen LogP contribution in [0.5, 0.6) is 0 Å². The fourth-order valence-electron chi connectivity index (χ4n) is 3.74. The van der Waals surface area contributed by atoms with Crippen LogP contribution >= 0.6 is 0 Å². The molecule has 6 nitrogen and oxygen atoms in total. The summed E-state index contributed by atoms with van der Waals surface area (Å²) in [6.07, 6.45) is 2.10. The number of hydrogen-bond acceptors (Lipinski definition) is 4. The Bertz CT molecular complexity index is 658. The summed E-state index contributed by atoms with van der Waals surface area (Å²) in [6, 6.07) is 4.00. The number of rotatable bonds is 8. The molecule has 2 rings (SSSR count). The van der Waals surface area contributed by atoms with Crippen molar-refractivity contribution in [3.8, 4) is 0 Å². The summed E-state index contributed by atoms with van der Waals surface area (Å²) in [7, 11) is 0. The van der Waals surface area contributed by atoms with Crippen molar-refractivity contribution in [3.63, 3.8) is 0 Å². The Labute approximate surface area is 169 Å². The Hall–Kier alpha value is -1.92. The zero-order valence-electron chi connectivity index (χ0n) is 18.1. The van der Waals surface area contributed by atoms with Crippen LogP contribution < -0.4 is 10.6 Å². The van der Waals surface area contributed by atoms with Crippen LogP contribution in [0.2, 0.25) is 0 Å². The minimum Gasteiger partial charge on any atom is -0.355 e. The van der Waals surface area contributed by atoms with Gasteiger partial charge in [-0.1, -0.05) is 31.0 Å². The molecule has 1 atom stereocenters. The summed E-state index contributed by atoms with van der Waals surface area (Å²) in [4.78, 5) is 29.1. The Morgan fingerprint density at radius 3 is 2.25 bits per heavy atom. The lowest BCUT2D eigenvalue weighted by molar-refractivity contribution is -0.124. The van der Waals surface area contributed by atoms with Gasteiger partial charge in [0.15, 0.2) is 0 Å². The van der Waals surface area contributed by atoms with Crippen LogP contribution in [0.3, 0.4) is 0 Å². The first-order valence-electron chi connectivity index (χ1n) is 10.4. The van der Waals surface area contributed by atoms with E-state index in [1.54, 1.807) is 0 Å². The van der Waals surface area contributed by atoms with Gasteiger partial charge in [-0.25, -0.2) is 0 Å². The predicted molar refractivity (Wildman–Crippen MR) is 115 cm³/mol. The van der Waals surface area contributed by atoms with Crippen molar-refractivity contribution < 1.29 is 9.59 Å². The average molecular weight is 389 g/mol. The lowest BCUT2D eigenvalue weighted by Crippen LogP contribution is -2.54. The minimum atomic E-state index is -0.194. The lowest BCUT2D eigenvalue weighted by atomic mass is 10.0. The molecule has 1 heterocycles. The maximum atomic E-state index is 12.8. The number of anilines is 1. The highest BCUT2D eigenvalue weighted by Crippen LogP contribution is 2.22. The Balaban J connectivity index is 1.82. The maximum absolute atomic E-state index is 12.8. The number of aryl methyl sites for hydroxylation is 3. The van der Waals surface area contributed by atoms with Crippen LogP contribution in [-0.2, 0) is 9.59 Å². The quantitative estimate of drug-likeness (QED) is 0.672. The van der Waals surface area contributed by atoms with Crippen molar-refractivity contribution in [1.82, 2.24) is 15.1 Å². The van der Waals surface area contributed by atoms with Gasteiger partial charge in [-0.05, 0) is 45.2 Å². The number of piperazine rings is 1. The number of nitrogens with zero attached hydrogens (tertiary/aromatic N) is 2. The highest BCUT2D eigenvalue weighted by atomic mass is 16.2. The maximum Gasteiger partial charge on any atom is 0.241 e. The SMILES string of the molecule is CCCCNC(=O)CN1CCN([C@H](C)C(=O)Nc2c(C)cc(C)cc2C)CC1. The van der Waals surface area contributed by atoms with Gasteiger partial charge in [-0.3, -0.25) is 19.4 Å². The van der Waals surface area contributed by atoms with E-state index in [2.05, 4.69) is 46.4 Å². The van der Waals surface area contributed by atoms with E-state index in [9.17, 15) is 9.59 Å². The van der Waals surface area contributed by atoms with Crippen LogP contribution in [0, 0.1) is 20.8 Å². The van der Waals surface area contributed by atoms with E-state index >= 15 is 0 Å². The zero-order valence-corrected chi connectivity index (χ0v) is 18.1. The molecule has 1 fully saturated rings. The molecule has 6 heteroatoms. The highest BCUT2D eigenvalue weighted by Gasteiger charge is 2.26. The largest absolute Gasteiger partial charge is 0.355 e. The van der Waals surface area contributed by atoms with Crippen molar-refractivity contribution in [2.75, 3.05) is 44.6 Å². The van der Waals surface area contributed by atoms with Crippen LogP contribution in [0.4, 0.5) is 5.69 Å². The first kappa shape index (κ1) is 22.4. The molecular weight excluding hydrogens is 352 g/mol. The number of amides is 2. The van der Waals surface area contributed by atoms with Crippen LogP contribution in [0.25, 0.3) is 0 Å². The fourth-order valence-corrected chi connectivity index (χ4v) is 3.74. The summed E-state index contributed by atoms with van der Waals surface area (Å²) >= 11 is 0. The molecule has 2 N–H and O–H groups in total. The van der Waals surface area contributed by atoms with Crippen LogP contribution in [-0.4, -0.2) is 66.9 Å². The molecule has 0 aromatic heterocycles. The van der Waals surface area contributed by atoms with E-state index in [0.717, 1.165) is 62.4 Å². The number of benzene rings is 1. The third kappa shape index (κ3) is 6.31. The van der Waals surface area contributed by atoms with Crippen molar-refractivity contribution >= 4 is 17.5 Å². The van der Waals surface area contributed by atoms with E-state index in [0.29, 0.717) is 6.54 Å². The molecule has 0 saturated carbocycles. The Morgan fingerprint density at radius 1 is 1.07 bits per heavy atom. The molecule has 0 bridgehead atoms. The number of nitrogens with one attached hydrogen (secondary N) is 2. The van der Waals surface area contributed by atoms with Crippen molar-refractivity contribution in [2.24, 2.45) is 0 Å². The highest BCUT2D eigenvalue weighted by molar-refractivity contribution is 5.96. The van der Waals surface area contributed by atoms with E-state index in [1.807, 2.05) is 20.8 Å². The lowest BCUT2D eigenvalue weighted by Gasteiger charge is -2.37. The van der Waals surface area contributed by atoms with Gasteiger partial charge in [0.1, 0.15) is 0 Å². The van der Waals surface area contributed by atoms with Gasteiger partial charge in [0.05, 0.1) is 12.6 Å². The van der Waals surface area contributed by atoms with Gasteiger partial charge in [0.2, 0.25) is 11.8 Å². The summed E-state index contributed by atoms with van der Waals surface area (Å²) in [5, 5.41) is 6.08. The average Bonchev–Trinajstić information content (AvgIpc) is 2.64. The second-order valence-corrected chi connectivity index (χ2v) is 7.95. The molecule has 0 aliphatic carbocycles. The van der Waals surface area contributed by atoms with Crippen LogP contribution in [0.15, 0.2) is 12.1 Å². The molecule has 2 amide bonds. The van der Waals surface area contributed by atoms with Crippen molar-refractivity contribution in [3.05, 3.63) is 28.8 Å². The molecule has 0 spiro atoms. The molecule has 0 unspecified atom stereocenters. The first-order valence-corrected chi connectivity index (χ1v) is 10.4. The zero-order chi connectivity index (χ0) is 20.7. The van der Waals surface area contributed by atoms with Crippen molar-refractivity contribution in [2.45, 2.75) is 53.5 Å². The monoisotopic (exact) mass is 388 g/mol. The normalized spacial score (nSPS) is 16.6. The molecule has 1 aromatic carbocycles. The minimum absolute atomic E-state index is 0.0285. The van der Waals surface area contributed by atoms with Crippen LogP contribution in [0.1, 0.15) is 43.4 Å². The number of hydrogen-bond donors (Lipinski definition) is 2. The smallest absolute Gasteiger partial charge is 0.241 e. The van der Waals surface area contributed by atoms with Gasteiger partial charge in [-0.15, -0.1) is 0 Å². The number of unbranched alkanes of at least 4 members (excludes halogenated alkanes) is 1. The molecule has 0 radical (unpaired) electrons. The van der Waals surface area contributed by atoms with Gasteiger partial charge in [-0.2, -0.15) is 0 Å². The summed E-state index contributed by atoms with van der Waals surface area (Å²) in [5.41, 5.74) is 4.31. The molecular formula is C22H36N4O2. The number of carbonyl (C=O) groups is 2. The van der Waals surface area contributed by atoms with E-state index in [4.69, 9.17) is 0 Å². The van der Waals surface area contributed by atoms with Crippen molar-refractivity contribution in [1.29, 1.82) is 0 Å². The summed E-state index contributed by atoms with van der Waals surface area (Å²) in [6.45, 7) is 14.6. The summed E-state index contributed by atoms with van der Waals surface area (Å²) in [5.74, 6) is 0.124. The van der Waals surface area contributed by atoms with Gasteiger partial charge < -0.3 is 10.6 Å². The molecule has 1 aromatic rings. The predicted octanol–water partition coefficient (Wildman–Crippen LogP) is 2.47. The van der Waals surface area contributed by atoms with Gasteiger partial charge in [0.25, 0.3) is 0 Å². The third-order valence-electron chi connectivity index (χ3n) is 5.48.